The minimum Gasteiger partial charge on any atom is -0.481 e. The van der Waals surface area contributed by atoms with Gasteiger partial charge < -0.3 is 9.84 Å². The highest BCUT2D eigenvalue weighted by molar-refractivity contribution is 6.37. The maximum atomic E-state index is 13.3. The Balaban J connectivity index is 1.90. The number of aryl methyl sites for hydroxylation is 1. The van der Waals surface area contributed by atoms with Crippen LogP contribution in [0.1, 0.15) is 38.8 Å². The summed E-state index contributed by atoms with van der Waals surface area (Å²) in [5.41, 5.74) is 1.16. The number of carbonyl (C=O) groups is 3. The van der Waals surface area contributed by atoms with E-state index in [1.807, 2.05) is 6.92 Å². The first-order chi connectivity index (χ1) is 14.8. The Hall–Kier alpha value is -3.81. The van der Waals surface area contributed by atoms with Gasteiger partial charge in [0.2, 0.25) is 0 Å². The molecule has 1 N–H and O–H groups in total. The van der Waals surface area contributed by atoms with E-state index in [1.165, 1.54) is 24.3 Å². The number of nitrogens with zero attached hydrogens (tertiary/aromatic N) is 1. The highest BCUT2D eigenvalue weighted by Gasteiger charge is 2.42. The number of imide groups is 1. The zero-order valence-electron chi connectivity index (χ0n) is 16.4. The largest absolute Gasteiger partial charge is 0.481 e. The summed E-state index contributed by atoms with van der Waals surface area (Å²) in [6, 6.07) is 12.6. The minimum atomic E-state index is -3.17. The molecular formula is C23H17F2NO5. The van der Waals surface area contributed by atoms with Crippen molar-refractivity contribution in [2.45, 2.75) is 26.4 Å². The number of amides is 2. The predicted molar refractivity (Wildman–Crippen MR) is 109 cm³/mol. The lowest BCUT2D eigenvalue weighted by atomic mass is 9.92. The Kier molecular flexibility index (Phi) is 5.14. The van der Waals surface area contributed by atoms with Gasteiger partial charge in [-0.1, -0.05) is 43.3 Å². The summed E-state index contributed by atoms with van der Waals surface area (Å²) in [4.78, 5) is 38.4. The monoisotopic (exact) mass is 425 g/mol. The molecule has 0 aromatic heterocycles. The van der Waals surface area contributed by atoms with E-state index in [9.17, 15) is 23.2 Å². The smallest absolute Gasteiger partial charge is 0.387 e. The number of fused-ring (bicyclic) bond motifs is 2. The molecule has 0 atom stereocenters. The van der Waals surface area contributed by atoms with Crippen molar-refractivity contribution in [3.63, 3.8) is 0 Å². The molecule has 0 radical (unpaired) electrons. The predicted octanol–water partition coefficient (Wildman–Crippen LogP) is 4.43. The summed E-state index contributed by atoms with van der Waals surface area (Å²) in [7, 11) is 0. The molecule has 158 valence electrons. The summed E-state index contributed by atoms with van der Waals surface area (Å²) >= 11 is 0. The second-order valence-corrected chi connectivity index (χ2v) is 7.02. The maximum absolute atomic E-state index is 13.3. The molecule has 0 spiro atoms. The molecule has 6 nitrogen and oxygen atoms in total. The van der Waals surface area contributed by atoms with Crippen molar-refractivity contribution >= 4 is 34.2 Å². The first-order valence-electron chi connectivity index (χ1n) is 9.55. The van der Waals surface area contributed by atoms with Gasteiger partial charge in [-0.25, -0.2) is 4.90 Å². The van der Waals surface area contributed by atoms with Gasteiger partial charge in [0, 0.05) is 5.39 Å². The summed E-state index contributed by atoms with van der Waals surface area (Å²) in [6.07, 6.45) is 0.197. The molecule has 8 heteroatoms. The van der Waals surface area contributed by atoms with Crippen LogP contribution in [0.2, 0.25) is 0 Å². The zero-order chi connectivity index (χ0) is 22.3. The fourth-order valence-electron chi connectivity index (χ4n) is 3.98. The lowest BCUT2D eigenvalue weighted by Crippen LogP contribution is -2.29. The molecule has 0 saturated carbocycles. The fraction of sp³-hybridized carbons (Fsp3) is 0.174. The molecule has 0 saturated heterocycles. The average Bonchev–Trinajstić information content (AvgIpc) is 2.99. The van der Waals surface area contributed by atoms with E-state index < -0.39 is 24.4 Å². The van der Waals surface area contributed by atoms with Gasteiger partial charge in [-0.15, -0.1) is 0 Å². The van der Waals surface area contributed by atoms with Crippen LogP contribution in [-0.2, 0) is 17.6 Å². The first kappa shape index (κ1) is 20.5. The number of anilines is 1. The molecule has 0 aliphatic carbocycles. The maximum Gasteiger partial charge on any atom is 0.387 e. The summed E-state index contributed by atoms with van der Waals surface area (Å²) < 4.78 is 31.2. The van der Waals surface area contributed by atoms with E-state index in [4.69, 9.17) is 9.84 Å². The van der Waals surface area contributed by atoms with Crippen molar-refractivity contribution in [3.05, 3.63) is 70.8 Å². The Morgan fingerprint density at radius 2 is 1.61 bits per heavy atom. The van der Waals surface area contributed by atoms with Gasteiger partial charge in [-0.3, -0.25) is 14.4 Å². The van der Waals surface area contributed by atoms with E-state index in [1.54, 1.807) is 24.3 Å². The van der Waals surface area contributed by atoms with Crippen LogP contribution in [0.3, 0.4) is 0 Å². The third-order valence-corrected chi connectivity index (χ3v) is 5.22. The van der Waals surface area contributed by atoms with Crippen LogP contribution in [0.15, 0.2) is 48.5 Å². The molecule has 31 heavy (non-hydrogen) atoms. The topological polar surface area (TPSA) is 83.9 Å². The summed E-state index contributed by atoms with van der Waals surface area (Å²) in [5, 5.41) is 9.81. The Morgan fingerprint density at radius 1 is 1.00 bits per heavy atom. The number of carboxylic acids is 1. The van der Waals surface area contributed by atoms with E-state index in [2.05, 4.69) is 0 Å². The number of ether oxygens (including phenoxy) is 1. The summed E-state index contributed by atoms with van der Waals surface area (Å²) in [5.74, 6) is -2.72. The van der Waals surface area contributed by atoms with E-state index in [-0.39, 0.29) is 29.0 Å². The van der Waals surface area contributed by atoms with Crippen LogP contribution >= 0.6 is 0 Å². The number of carboxylic acid groups (broad SMARTS) is 1. The number of hydrogen-bond acceptors (Lipinski definition) is 4. The Bertz CT molecular complexity index is 1220. The molecule has 1 aliphatic rings. The third-order valence-electron chi connectivity index (χ3n) is 5.22. The molecule has 3 aromatic carbocycles. The van der Waals surface area contributed by atoms with Crippen LogP contribution in [0, 0.1) is 0 Å². The number of halogens is 2. The van der Waals surface area contributed by atoms with Gasteiger partial charge in [0.15, 0.2) is 0 Å². The van der Waals surface area contributed by atoms with Gasteiger partial charge in [0.25, 0.3) is 11.8 Å². The second-order valence-electron chi connectivity index (χ2n) is 7.02. The average molecular weight is 425 g/mol. The molecule has 0 bridgehead atoms. The number of carbonyl (C=O) groups excluding carboxylic acids is 2. The van der Waals surface area contributed by atoms with Crippen molar-refractivity contribution in [2.24, 2.45) is 0 Å². The minimum absolute atomic E-state index is 0.0523. The van der Waals surface area contributed by atoms with Crippen LogP contribution in [0.25, 0.3) is 10.8 Å². The van der Waals surface area contributed by atoms with Crippen LogP contribution in [0.5, 0.6) is 5.75 Å². The second kappa shape index (κ2) is 7.79. The van der Waals surface area contributed by atoms with Crippen molar-refractivity contribution in [3.8, 4) is 5.75 Å². The van der Waals surface area contributed by atoms with Gasteiger partial charge in [-0.05, 0) is 35.1 Å². The lowest BCUT2D eigenvalue weighted by Gasteiger charge is -2.15. The van der Waals surface area contributed by atoms with Gasteiger partial charge in [-0.2, -0.15) is 8.78 Å². The van der Waals surface area contributed by atoms with Gasteiger partial charge in [0.1, 0.15) is 5.75 Å². The van der Waals surface area contributed by atoms with Crippen molar-refractivity contribution in [1.82, 2.24) is 0 Å². The van der Waals surface area contributed by atoms with E-state index >= 15 is 0 Å². The SMILES string of the molecule is CCc1c2c(c(OC(F)F)c3ccccc13)C(=O)N(c1ccc(CC(=O)O)cc1)C2=O. The molecule has 3 aromatic rings. The Labute approximate surface area is 175 Å². The highest BCUT2D eigenvalue weighted by atomic mass is 19.3. The lowest BCUT2D eigenvalue weighted by molar-refractivity contribution is -0.136. The number of hydrogen-bond donors (Lipinski definition) is 1. The fourth-order valence-corrected chi connectivity index (χ4v) is 3.98. The van der Waals surface area contributed by atoms with Gasteiger partial charge in [0.05, 0.1) is 23.2 Å². The quantitative estimate of drug-likeness (QED) is 0.591. The van der Waals surface area contributed by atoms with Gasteiger partial charge >= 0.3 is 12.6 Å². The molecule has 0 unspecified atom stereocenters. The highest BCUT2D eigenvalue weighted by Crippen LogP contribution is 2.43. The molecule has 1 aliphatic heterocycles. The van der Waals surface area contributed by atoms with Crippen molar-refractivity contribution in [1.29, 1.82) is 0 Å². The summed E-state index contributed by atoms with van der Waals surface area (Å²) in [6.45, 7) is -1.36. The molecule has 4 rings (SSSR count). The zero-order valence-corrected chi connectivity index (χ0v) is 16.4. The number of benzene rings is 3. The van der Waals surface area contributed by atoms with E-state index in [0.717, 1.165) is 4.90 Å². The number of aliphatic carboxylic acids is 1. The standard InChI is InChI=1S/C23H17F2NO5/c1-2-14-15-5-3-4-6-16(15)20(31-23(24)25)19-18(14)21(29)26(22(19)30)13-9-7-12(8-10-13)11-17(27)28/h3-10,23H,2,11H2,1H3,(H,27,28). The number of rotatable bonds is 6. The number of alkyl halides is 2. The Morgan fingerprint density at radius 3 is 2.19 bits per heavy atom. The van der Waals surface area contributed by atoms with Crippen molar-refractivity contribution < 1.29 is 33.0 Å². The third kappa shape index (κ3) is 3.39. The van der Waals surface area contributed by atoms with E-state index in [0.29, 0.717) is 28.3 Å². The van der Waals surface area contributed by atoms with Crippen LogP contribution in [0.4, 0.5) is 14.5 Å². The molecular weight excluding hydrogens is 408 g/mol. The molecule has 0 fully saturated rings. The molecule has 2 amide bonds. The molecule has 1 heterocycles. The first-order valence-corrected chi connectivity index (χ1v) is 9.55. The normalized spacial score (nSPS) is 13.2. The van der Waals surface area contributed by atoms with Crippen LogP contribution in [-0.4, -0.2) is 29.5 Å². The van der Waals surface area contributed by atoms with Crippen molar-refractivity contribution in [2.75, 3.05) is 4.90 Å². The van der Waals surface area contributed by atoms with Crippen LogP contribution < -0.4 is 9.64 Å².